The Kier molecular flexibility index (Phi) is 6.58. The maximum Gasteiger partial charge on any atom is 0.269 e. The normalized spacial score (nSPS) is 10.4. The summed E-state index contributed by atoms with van der Waals surface area (Å²) in [5, 5.41) is 6.25. The number of rotatable bonds is 8. The highest BCUT2D eigenvalue weighted by Crippen LogP contribution is 2.10. The van der Waals surface area contributed by atoms with Gasteiger partial charge in [-0.3, -0.25) is 4.79 Å². The lowest BCUT2D eigenvalue weighted by molar-refractivity contribution is 0.0948. The molecule has 1 aromatic heterocycles. The number of hydrogen-bond donors (Lipinski definition) is 2. The van der Waals surface area contributed by atoms with Gasteiger partial charge in [0, 0.05) is 13.1 Å². The molecule has 0 aliphatic rings. The van der Waals surface area contributed by atoms with Crippen LogP contribution in [0.2, 0.25) is 0 Å². The molecular formula is C23H25N3O. The summed E-state index contributed by atoms with van der Waals surface area (Å²) in [5.74, 6) is -0.131. The molecular weight excluding hydrogens is 334 g/mol. The van der Waals surface area contributed by atoms with Crippen molar-refractivity contribution < 1.29 is 4.79 Å². The minimum absolute atomic E-state index is 0.131. The lowest BCUT2D eigenvalue weighted by Crippen LogP contribution is -2.25. The van der Waals surface area contributed by atoms with Crippen molar-refractivity contribution in [2.24, 2.45) is 0 Å². The van der Waals surface area contributed by atoms with E-state index in [4.69, 9.17) is 0 Å². The van der Waals surface area contributed by atoms with Crippen LogP contribution in [0.5, 0.6) is 0 Å². The number of benzene rings is 2. The molecule has 3 rings (SSSR count). The monoisotopic (exact) mass is 359 g/mol. The van der Waals surface area contributed by atoms with Gasteiger partial charge in [-0.25, -0.2) is 4.98 Å². The smallest absolute Gasteiger partial charge is 0.269 e. The number of aryl methyl sites for hydroxylation is 2. The minimum atomic E-state index is -0.131. The van der Waals surface area contributed by atoms with Gasteiger partial charge in [0.1, 0.15) is 5.69 Å². The molecule has 0 radical (unpaired) electrons. The summed E-state index contributed by atoms with van der Waals surface area (Å²) in [4.78, 5) is 16.5. The van der Waals surface area contributed by atoms with Crippen molar-refractivity contribution in [3.05, 3.63) is 95.3 Å². The third-order valence-corrected chi connectivity index (χ3v) is 4.38. The maximum atomic E-state index is 12.2. The molecule has 0 fully saturated rings. The van der Waals surface area contributed by atoms with Crippen molar-refractivity contribution in [3.63, 3.8) is 0 Å². The summed E-state index contributed by atoms with van der Waals surface area (Å²) in [5.41, 5.74) is 5.08. The number of hydrogen-bond acceptors (Lipinski definition) is 3. The fourth-order valence-corrected chi connectivity index (χ4v) is 2.77. The number of amides is 1. The molecule has 0 spiro atoms. The largest absolute Gasteiger partial charge is 0.380 e. The van der Waals surface area contributed by atoms with E-state index >= 15 is 0 Å². The van der Waals surface area contributed by atoms with E-state index in [9.17, 15) is 4.79 Å². The Morgan fingerprint density at radius 3 is 2.41 bits per heavy atom. The molecule has 0 saturated heterocycles. The van der Waals surface area contributed by atoms with Crippen LogP contribution < -0.4 is 10.6 Å². The molecule has 3 aromatic rings. The predicted molar refractivity (Wildman–Crippen MR) is 110 cm³/mol. The zero-order chi connectivity index (χ0) is 18.9. The van der Waals surface area contributed by atoms with Gasteiger partial charge in [-0.1, -0.05) is 60.2 Å². The predicted octanol–water partition coefficient (Wildman–Crippen LogP) is 4.36. The summed E-state index contributed by atoms with van der Waals surface area (Å²) >= 11 is 0. The van der Waals surface area contributed by atoms with Gasteiger partial charge < -0.3 is 10.6 Å². The van der Waals surface area contributed by atoms with Crippen LogP contribution in [0.15, 0.2) is 72.9 Å². The van der Waals surface area contributed by atoms with Gasteiger partial charge in [0.2, 0.25) is 0 Å². The Hall–Kier alpha value is -3.14. The van der Waals surface area contributed by atoms with E-state index in [1.807, 2.05) is 24.3 Å². The van der Waals surface area contributed by atoms with Crippen LogP contribution in [0.4, 0.5) is 5.69 Å². The van der Waals surface area contributed by atoms with Crippen molar-refractivity contribution in [2.45, 2.75) is 26.3 Å². The third-order valence-electron chi connectivity index (χ3n) is 4.38. The number of carbonyl (C=O) groups is 1. The van der Waals surface area contributed by atoms with E-state index in [-0.39, 0.29) is 5.91 Å². The van der Waals surface area contributed by atoms with Gasteiger partial charge in [0.15, 0.2) is 0 Å². The Bertz CT molecular complexity index is 843. The Labute approximate surface area is 160 Å². The highest BCUT2D eigenvalue weighted by Gasteiger charge is 2.06. The second kappa shape index (κ2) is 9.53. The SMILES string of the molecule is Cc1ccc(CNc2ccc(C(=O)NCCCc3ccccc3)nc2)cc1. The molecule has 0 saturated carbocycles. The first-order valence-electron chi connectivity index (χ1n) is 9.28. The second-order valence-electron chi connectivity index (χ2n) is 6.62. The molecule has 0 aliphatic heterocycles. The topological polar surface area (TPSA) is 54.0 Å². The van der Waals surface area contributed by atoms with Crippen molar-refractivity contribution in [1.29, 1.82) is 0 Å². The average Bonchev–Trinajstić information content (AvgIpc) is 2.72. The van der Waals surface area contributed by atoms with Crippen LogP contribution >= 0.6 is 0 Å². The summed E-state index contributed by atoms with van der Waals surface area (Å²) in [6.45, 7) is 3.45. The number of aromatic nitrogens is 1. The van der Waals surface area contributed by atoms with E-state index in [0.717, 1.165) is 25.1 Å². The zero-order valence-electron chi connectivity index (χ0n) is 15.6. The van der Waals surface area contributed by atoms with Crippen LogP contribution in [0.25, 0.3) is 0 Å². The van der Waals surface area contributed by atoms with Crippen LogP contribution in [-0.4, -0.2) is 17.4 Å². The molecule has 1 heterocycles. The minimum Gasteiger partial charge on any atom is -0.380 e. The van der Waals surface area contributed by atoms with Crippen molar-refractivity contribution in [2.75, 3.05) is 11.9 Å². The van der Waals surface area contributed by atoms with Crippen LogP contribution in [0.3, 0.4) is 0 Å². The van der Waals surface area contributed by atoms with Gasteiger partial charge >= 0.3 is 0 Å². The first kappa shape index (κ1) is 18.6. The Morgan fingerprint density at radius 1 is 0.926 bits per heavy atom. The van der Waals surface area contributed by atoms with Gasteiger partial charge in [0.05, 0.1) is 11.9 Å². The van der Waals surface area contributed by atoms with E-state index in [1.165, 1.54) is 16.7 Å². The summed E-state index contributed by atoms with van der Waals surface area (Å²) < 4.78 is 0. The lowest BCUT2D eigenvalue weighted by Gasteiger charge is -2.08. The first-order chi connectivity index (χ1) is 13.2. The molecule has 138 valence electrons. The van der Waals surface area contributed by atoms with E-state index in [2.05, 4.69) is 58.9 Å². The molecule has 2 aromatic carbocycles. The van der Waals surface area contributed by atoms with Crippen LogP contribution in [0.1, 0.15) is 33.6 Å². The zero-order valence-corrected chi connectivity index (χ0v) is 15.6. The van der Waals surface area contributed by atoms with Gasteiger partial charge in [-0.05, 0) is 43.0 Å². The average molecular weight is 359 g/mol. The maximum absolute atomic E-state index is 12.2. The van der Waals surface area contributed by atoms with Crippen molar-refractivity contribution >= 4 is 11.6 Å². The molecule has 4 heteroatoms. The van der Waals surface area contributed by atoms with Crippen LogP contribution in [-0.2, 0) is 13.0 Å². The quantitative estimate of drug-likeness (QED) is 0.588. The highest BCUT2D eigenvalue weighted by atomic mass is 16.1. The molecule has 2 N–H and O–H groups in total. The van der Waals surface area contributed by atoms with E-state index in [0.29, 0.717) is 12.2 Å². The van der Waals surface area contributed by atoms with E-state index in [1.54, 1.807) is 12.3 Å². The molecule has 1 amide bonds. The number of pyridine rings is 1. The lowest BCUT2D eigenvalue weighted by atomic mass is 10.1. The molecule has 0 aliphatic carbocycles. The number of nitrogens with zero attached hydrogens (tertiary/aromatic N) is 1. The number of nitrogens with one attached hydrogen (secondary N) is 2. The fourth-order valence-electron chi connectivity index (χ4n) is 2.77. The van der Waals surface area contributed by atoms with Crippen molar-refractivity contribution in [1.82, 2.24) is 10.3 Å². The highest BCUT2D eigenvalue weighted by molar-refractivity contribution is 5.92. The number of carbonyl (C=O) groups excluding carboxylic acids is 1. The van der Waals surface area contributed by atoms with E-state index < -0.39 is 0 Å². The second-order valence-corrected chi connectivity index (χ2v) is 6.62. The van der Waals surface area contributed by atoms with Gasteiger partial charge in [-0.2, -0.15) is 0 Å². The first-order valence-corrected chi connectivity index (χ1v) is 9.28. The van der Waals surface area contributed by atoms with Crippen LogP contribution in [0, 0.1) is 6.92 Å². The number of anilines is 1. The summed E-state index contributed by atoms with van der Waals surface area (Å²) in [7, 11) is 0. The van der Waals surface area contributed by atoms with Gasteiger partial charge in [-0.15, -0.1) is 0 Å². The molecule has 4 nitrogen and oxygen atoms in total. The fraction of sp³-hybridized carbons (Fsp3) is 0.217. The molecule has 0 unspecified atom stereocenters. The molecule has 0 atom stereocenters. The molecule has 0 bridgehead atoms. The standard InChI is InChI=1S/C23H25N3O/c1-18-9-11-20(12-10-18)16-25-21-13-14-22(26-17-21)23(27)24-15-5-8-19-6-3-2-4-7-19/h2-4,6-7,9-14,17,25H,5,8,15-16H2,1H3,(H,24,27). The Morgan fingerprint density at radius 2 is 1.70 bits per heavy atom. The van der Waals surface area contributed by atoms with Gasteiger partial charge in [0.25, 0.3) is 5.91 Å². The summed E-state index contributed by atoms with van der Waals surface area (Å²) in [6, 6.07) is 22.3. The third kappa shape index (κ3) is 5.96. The Balaban J connectivity index is 1.42. The summed E-state index contributed by atoms with van der Waals surface area (Å²) in [6.07, 6.45) is 3.56. The van der Waals surface area contributed by atoms with Crippen molar-refractivity contribution in [3.8, 4) is 0 Å². The molecule has 27 heavy (non-hydrogen) atoms.